The molecule has 0 aromatic heterocycles. The summed E-state index contributed by atoms with van der Waals surface area (Å²) in [5.41, 5.74) is 2.59. The number of anilines is 2. The maximum Gasteiger partial charge on any atom is 0.337 e. The van der Waals surface area contributed by atoms with E-state index in [1.165, 1.54) is 7.11 Å². The number of methoxy groups -OCH3 is 1. The molecule has 0 aliphatic rings. The Bertz CT molecular complexity index is 716. The monoisotopic (exact) mass is 362 g/mol. The summed E-state index contributed by atoms with van der Waals surface area (Å²) in [5.74, 6) is -0.451. The molecule has 0 unspecified atom stereocenters. The Kier molecular flexibility index (Phi) is 5.16. The van der Waals surface area contributed by atoms with E-state index in [1.54, 1.807) is 30.3 Å². The van der Waals surface area contributed by atoms with Crippen molar-refractivity contribution in [2.75, 3.05) is 17.7 Å². The van der Waals surface area contributed by atoms with Crippen LogP contribution in [0.2, 0.25) is 0 Å². The second kappa shape index (κ2) is 7.09. The second-order valence-electron chi connectivity index (χ2n) is 4.62. The van der Waals surface area contributed by atoms with Crippen LogP contribution >= 0.6 is 15.9 Å². The van der Waals surface area contributed by atoms with E-state index in [-0.39, 0.29) is 6.03 Å². The van der Waals surface area contributed by atoms with Crippen LogP contribution in [0.3, 0.4) is 0 Å². The van der Waals surface area contributed by atoms with E-state index in [1.807, 2.05) is 19.1 Å². The number of nitrogens with one attached hydrogen (secondary N) is 2. The lowest BCUT2D eigenvalue weighted by atomic mass is 10.2. The van der Waals surface area contributed by atoms with Crippen molar-refractivity contribution < 1.29 is 14.3 Å². The standard InChI is InChI=1S/C16H15BrN2O3/c1-10-8-13(6-7-14(10)17)19-16(21)18-12-5-3-4-11(9-12)15(20)22-2/h3-9H,1-2H3,(H2,18,19,21). The molecule has 6 heteroatoms. The third-order valence-electron chi connectivity index (χ3n) is 2.96. The van der Waals surface area contributed by atoms with Crippen LogP contribution in [0.1, 0.15) is 15.9 Å². The molecule has 0 spiro atoms. The predicted octanol–water partition coefficient (Wildman–Crippen LogP) is 4.19. The number of aryl methyl sites for hydroxylation is 1. The molecular weight excluding hydrogens is 348 g/mol. The predicted molar refractivity (Wildman–Crippen MR) is 89.3 cm³/mol. The number of halogens is 1. The zero-order valence-corrected chi connectivity index (χ0v) is 13.7. The Morgan fingerprint density at radius 1 is 1.05 bits per heavy atom. The van der Waals surface area contributed by atoms with Gasteiger partial charge in [-0.3, -0.25) is 0 Å². The molecule has 0 fully saturated rings. The minimum absolute atomic E-state index is 0.375. The summed E-state index contributed by atoms with van der Waals surface area (Å²) in [7, 11) is 1.31. The number of amides is 2. The van der Waals surface area contributed by atoms with Crippen molar-refractivity contribution in [1.29, 1.82) is 0 Å². The average Bonchev–Trinajstić information content (AvgIpc) is 2.50. The van der Waals surface area contributed by atoms with Gasteiger partial charge in [0.2, 0.25) is 0 Å². The minimum Gasteiger partial charge on any atom is -0.465 e. The smallest absolute Gasteiger partial charge is 0.337 e. The van der Waals surface area contributed by atoms with Gasteiger partial charge in [0.05, 0.1) is 12.7 Å². The van der Waals surface area contributed by atoms with Crippen molar-refractivity contribution in [2.24, 2.45) is 0 Å². The lowest BCUT2D eigenvalue weighted by Gasteiger charge is -2.09. The maximum absolute atomic E-state index is 12.0. The van der Waals surface area contributed by atoms with Gasteiger partial charge in [0.1, 0.15) is 0 Å². The fourth-order valence-electron chi connectivity index (χ4n) is 1.86. The van der Waals surface area contributed by atoms with E-state index < -0.39 is 5.97 Å². The first-order valence-corrected chi connectivity index (χ1v) is 7.31. The quantitative estimate of drug-likeness (QED) is 0.804. The molecule has 0 aliphatic heterocycles. The zero-order chi connectivity index (χ0) is 16.1. The van der Waals surface area contributed by atoms with Crippen LogP contribution in [-0.4, -0.2) is 19.1 Å². The number of rotatable bonds is 3. The van der Waals surface area contributed by atoms with Gasteiger partial charge in [-0.05, 0) is 48.9 Å². The van der Waals surface area contributed by atoms with Crippen molar-refractivity contribution in [3.05, 3.63) is 58.1 Å². The largest absolute Gasteiger partial charge is 0.465 e. The van der Waals surface area contributed by atoms with Crippen LogP contribution in [0, 0.1) is 6.92 Å². The first-order valence-electron chi connectivity index (χ1n) is 6.52. The third kappa shape index (κ3) is 4.08. The molecular formula is C16H15BrN2O3. The summed E-state index contributed by atoms with van der Waals surface area (Å²) in [4.78, 5) is 23.4. The summed E-state index contributed by atoms with van der Waals surface area (Å²) >= 11 is 3.41. The van der Waals surface area contributed by atoms with Gasteiger partial charge in [0, 0.05) is 15.8 Å². The average molecular weight is 363 g/mol. The molecule has 5 nitrogen and oxygen atoms in total. The van der Waals surface area contributed by atoms with Crippen molar-refractivity contribution in [3.8, 4) is 0 Å². The van der Waals surface area contributed by atoms with E-state index in [9.17, 15) is 9.59 Å². The summed E-state index contributed by atoms with van der Waals surface area (Å²) in [6.45, 7) is 1.94. The highest BCUT2D eigenvalue weighted by molar-refractivity contribution is 9.10. The SMILES string of the molecule is COC(=O)c1cccc(NC(=O)Nc2ccc(Br)c(C)c2)c1. The van der Waals surface area contributed by atoms with Crippen LogP contribution in [-0.2, 0) is 4.74 Å². The molecule has 2 N–H and O–H groups in total. The zero-order valence-electron chi connectivity index (χ0n) is 12.1. The number of ether oxygens (including phenoxy) is 1. The molecule has 2 aromatic rings. The highest BCUT2D eigenvalue weighted by Crippen LogP contribution is 2.20. The fraction of sp³-hybridized carbons (Fsp3) is 0.125. The lowest BCUT2D eigenvalue weighted by molar-refractivity contribution is 0.0600. The van der Waals surface area contributed by atoms with Crippen LogP contribution in [0.4, 0.5) is 16.2 Å². The van der Waals surface area contributed by atoms with Gasteiger partial charge in [-0.2, -0.15) is 0 Å². The van der Waals surface area contributed by atoms with E-state index >= 15 is 0 Å². The number of carbonyl (C=O) groups excluding carboxylic acids is 2. The molecule has 2 amide bonds. The van der Waals surface area contributed by atoms with Crippen molar-refractivity contribution >= 4 is 39.3 Å². The van der Waals surface area contributed by atoms with Crippen LogP contribution in [0.15, 0.2) is 46.9 Å². The molecule has 0 saturated carbocycles. The van der Waals surface area contributed by atoms with Gasteiger partial charge in [-0.1, -0.05) is 22.0 Å². The fourth-order valence-corrected chi connectivity index (χ4v) is 2.10. The van der Waals surface area contributed by atoms with Gasteiger partial charge < -0.3 is 15.4 Å². The first kappa shape index (κ1) is 16.0. The van der Waals surface area contributed by atoms with E-state index in [0.29, 0.717) is 16.9 Å². The number of carbonyl (C=O) groups is 2. The molecule has 2 aromatic carbocycles. The second-order valence-corrected chi connectivity index (χ2v) is 5.47. The Hall–Kier alpha value is -2.34. The number of urea groups is 1. The Morgan fingerprint density at radius 2 is 1.73 bits per heavy atom. The molecule has 0 heterocycles. The summed E-state index contributed by atoms with van der Waals surface area (Å²) in [6, 6.07) is 11.7. The molecule has 0 radical (unpaired) electrons. The van der Waals surface area contributed by atoms with Crippen molar-refractivity contribution in [2.45, 2.75) is 6.92 Å². The summed E-state index contributed by atoms with van der Waals surface area (Å²) in [6.07, 6.45) is 0. The number of hydrogen-bond acceptors (Lipinski definition) is 3. The number of hydrogen-bond donors (Lipinski definition) is 2. The molecule has 22 heavy (non-hydrogen) atoms. The minimum atomic E-state index is -0.451. The van der Waals surface area contributed by atoms with Crippen molar-refractivity contribution in [3.63, 3.8) is 0 Å². The van der Waals surface area contributed by atoms with E-state index in [4.69, 9.17) is 0 Å². The third-order valence-corrected chi connectivity index (χ3v) is 3.85. The first-order chi connectivity index (χ1) is 10.5. The number of benzene rings is 2. The topological polar surface area (TPSA) is 67.4 Å². The normalized spacial score (nSPS) is 9.95. The van der Waals surface area contributed by atoms with Crippen LogP contribution in [0.25, 0.3) is 0 Å². The maximum atomic E-state index is 12.0. The highest BCUT2D eigenvalue weighted by atomic mass is 79.9. The Balaban J connectivity index is 2.05. The summed E-state index contributed by atoms with van der Waals surface area (Å²) in [5, 5.41) is 5.41. The molecule has 0 saturated heterocycles. The van der Waals surface area contributed by atoms with Gasteiger partial charge in [0.15, 0.2) is 0 Å². The highest BCUT2D eigenvalue weighted by Gasteiger charge is 2.08. The molecule has 114 valence electrons. The Labute approximate surface area is 136 Å². The summed E-state index contributed by atoms with van der Waals surface area (Å²) < 4.78 is 5.62. The van der Waals surface area contributed by atoms with E-state index in [0.717, 1.165) is 10.0 Å². The van der Waals surface area contributed by atoms with Crippen LogP contribution < -0.4 is 10.6 Å². The molecule has 0 aliphatic carbocycles. The van der Waals surface area contributed by atoms with Gasteiger partial charge >= 0.3 is 12.0 Å². The molecule has 0 bridgehead atoms. The molecule has 2 rings (SSSR count). The van der Waals surface area contributed by atoms with Gasteiger partial charge in [-0.15, -0.1) is 0 Å². The Morgan fingerprint density at radius 3 is 2.36 bits per heavy atom. The number of esters is 1. The van der Waals surface area contributed by atoms with Crippen molar-refractivity contribution in [1.82, 2.24) is 0 Å². The van der Waals surface area contributed by atoms with Crippen LogP contribution in [0.5, 0.6) is 0 Å². The van der Waals surface area contributed by atoms with Gasteiger partial charge in [-0.25, -0.2) is 9.59 Å². The molecule has 0 atom stereocenters. The van der Waals surface area contributed by atoms with Gasteiger partial charge in [0.25, 0.3) is 0 Å². The van der Waals surface area contributed by atoms with E-state index in [2.05, 4.69) is 31.3 Å². The lowest BCUT2D eigenvalue weighted by Crippen LogP contribution is -2.19.